The molecule has 2 heterocycles. The van der Waals surface area contributed by atoms with Crippen molar-refractivity contribution >= 4 is 23.1 Å². The zero-order valence-corrected chi connectivity index (χ0v) is 16.2. The summed E-state index contributed by atoms with van der Waals surface area (Å²) in [6.07, 6.45) is 1.74. The third-order valence-electron chi connectivity index (χ3n) is 4.76. The molecule has 2 aromatic rings. The number of ether oxygens (including phenoxy) is 1. The number of nitrogens with two attached hydrogens (primary N) is 1. The molecule has 1 aromatic heterocycles. The molecule has 27 heavy (non-hydrogen) atoms. The van der Waals surface area contributed by atoms with Gasteiger partial charge in [-0.2, -0.15) is 0 Å². The number of aromatic nitrogens is 2. The number of hydrogen-bond acceptors (Lipinski definition) is 5. The van der Waals surface area contributed by atoms with Gasteiger partial charge in [0.2, 0.25) is 0 Å². The normalized spacial score (nSPS) is 14.5. The summed E-state index contributed by atoms with van der Waals surface area (Å²) in [6.45, 7) is 4.93. The molecule has 0 aliphatic carbocycles. The molecular formula is C19H25ClN4O3. The van der Waals surface area contributed by atoms with Gasteiger partial charge in [0.1, 0.15) is 11.5 Å². The van der Waals surface area contributed by atoms with Crippen LogP contribution in [0.15, 0.2) is 33.9 Å². The molecule has 2 N–H and O–H groups in total. The van der Waals surface area contributed by atoms with E-state index in [4.69, 9.17) is 22.1 Å². The Kier molecular flexibility index (Phi) is 6.23. The van der Waals surface area contributed by atoms with Crippen LogP contribution in [0.3, 0.4) is 0 Å². The van der Waals surface area contributed by atoms with Gasteiger partial charge < -0.3 is 15.4 Å². The van der Waals surface area contributed by atoms with Crippen molar-refractivity contribution in [2.45, 2.75) is 32.9 Å². The van der Waals surface area contributed by atoms with Crippen LogP contribution in [0.5, 0.6) is 0 Å². The molecule has 1 fully saturated rings. The minimum Gasteiger partial charge on any atom is -0.383 e. The molecule has 1 aliphatic heterocycles. The molecular weight excluding hydrogens is 368 g/mol. The van der Waals surface area contributed by atoms with Crippen molar-refractivity contribution in [1.82, 2.24) is 9.13 Å². The van der Waals surface area contributed by atoms with E-state index in [0.29, 0.717) is 43.6 Å². The highest BCUT2D eigenvalue weighted by molar-refractivity contribution is 6.30. The van der Waals surface area contributed by atoms with Crippen LogP contribution in [0.1, 0.15) is 25.3 Å². The second-order valence-electron chi connectivity index (χ2n) is 6.64. The zero-order valence-electron chi connectivity index (χ0n) is 15.5. The maximum absolute atomic E-state index is 13.2. The number of nitrogen functional groups attached to an aromatic ring is 1. The molecule has 0 saturated carbocycles. The summed E-state index contributed by atoms with van der Waals surface area (Å²) in [5.41, 5.74) is 6.78. The molecule has 8 heteroatoms. The second-order valence-corrected chi connectivity index (χ2v) is 7.08. The molecule has 1 aromatic carbocycles. The van der Waals surface area contributed by atoms with Gasteiger partial charge in [-0.05, 0) is 24.1 Å². The Morgan fingerprint density at radius 3 is 2.41 bits per heavy atom. The lowest BCUT2D eigenvalue weighted by Gasteiger charge is -2.30. The number of rotatable bonds is 6. The Labute approximate surface area is 162 Å². The minimum absolute atomic E-state index is 0.179. The lowest BCUT2D eigenvalue weighted by Crippen LogP contribution is -2.47. The van der Waals surface area contributed by atoms with Gasteiger partial charge in [0.25, 0.3) is 5.56 Å². The fourth-order valence-electron chi connectivity index (χ4n) is 3.23. The van der Waals surface area contributed by atoms with Gasteiger partial charge in [0, 0.05) is 24.7 Å². The number of nitrogens with zero attached hydrogens (tertiary/aromatic N) is 3. The van der Waals surface area contributed by atoms with E-state index in [0.717, 1.165) is 18.4 Å². The van der Waals surface area contributed by atoms with Gasteiger partial charge in [-0.1, -0.05) is 37.1 Å². The summed E-state index contributed by atoms with van der Waals surface area (Å²) in [7, 11) is 0. The highest BCUT2D eigenvalue weighted by Gasteiger charge is 2.23. The number of unbranched alkanes of at least 4 members (excludes halogenated alkanes) is 1. The number of morpholine rings is 1. The Bertz CT molecular complexity index is 899. The van der Waals surface area contributed by atoms with Gasteiger partial charge in [-0.15, -0.1) is 0 Å². The van der Waals surface area contributed by atoms with Crippen molar-refractivity contribution in [2.75, 3.05) is 36.9 Å². The molecule has 0 bridgehead atoms. The number of benzene rings is 1. The van der Waals surface area contributed by atoms with E-state index in [1.54, 1.807) is 12.1 Å². The average molecular weight is 393 g/mol. The van der Waals surface area contributed by atoms with E-state index in [1.807, 2.05) is 24.0 Å². The van der Waals surface area contributed by atoms with Crippen molar-refractivity contribution in [3.63, 3.8) is 0 Å². The van der Waals surface area contributed by atoms with Crippen molar-refractivity contribution in [1.29, 1.82) is 0 Å². The first-order valence-corrected chi connectivity index (χ1v) is 9.61. The lowest BCUT2D eigenvalue weighted by molar-refractivity contribution is 0.122. The van der Waals surface area contributed by atoms with Crippen LogP contribution in [0.2, 0.25) is 5.02 Å². The average Bonchev–Trinajstić information content (AvgIpc) is 2.67. The fourth-order valence-corrected chi connectivity index (χ4v) is 3.36. The summed E-state index contributed by atoms with van der Waals surface area (Å²) < 4.78 is 8.17. The molecule has 0 radical (unpaired) electrons. The SMILES string of the molecule is CCCCn1c(N)c(N2CCOCC2)c(=O)n(Cc2ccc(Cl)cc2)c1=O. The number of anilines is 2. The third-order valence-corrected chi connectivity index (χ3v) is 5.01. The molecule has 1 saturated heterocycles. The molecule has 7 nitrogen and oxygen atoms in total. The van der Waals surface area contributed by atoms with Crippen molar-refractivity contribution < 1.29 is 4.74 Å². The van der Waals surface area contributed by atoms with E-state index in [9.17, 15) is 9.59 Å². The largest absolute Gasteiger partial charge is 0.383 e. The molecule has 0 spiro atoms. The second kappa shape index (κ2) is 8.63. The van der Waals surface area contributed by atoms with Gasteiger partial charge in [0.15, 0.2) is 0 Å². The zero-order chi connectivity index (χ0) is 19.4. The molecule has 0 amide bonds. The third kappa shape index (κ3) is 4.20. The van der Waals surface area contributed by atoms with Gasteiger partial charge in [-0.3, -0.25) is 13.9 Å². The summed E-state index contributed by atoms with van der Waals surface area (Å²) >= 11 is 5.94. The van der Waals surface area contributed by atoms with Crippen LogP contribution in [-0.4, -0.2) is 35.4 Å². The van der Waals surface area contributed by atoms with Crippen LogP contribution >= 0.6 is 11.6 Å². The first-order chi connectivity index (χ1) is 13.0. The van der Waals surface area contributed by atoms with E-state index >= 15 is 0 Å². The smallest absolute Gasteiger partial charge is 0.332 e. The van der Waals surface area contributed by atoms with Crippen LogP contribution in [0.25, 0.3) is 0 Å². The standard InChI is InChI=1S/C19H25ClN4O3/c1-2-3-8-23-17(21)16(22-9-11-27-12-10-22)18(25)24(19(23)26)13-14-4-6-15(20)7-5-14/h4-7H,2-3,8-13,21H2,1H3. The maximum atomic E-state index is 13.2. The maximum Gasteiger partial charge on any atom is 0.332 e. The quantitative estimate of drug-likeness (QED) is 0.812. The Hall–Kier alpha value is -2.25. The lowest BCUT2D eigenvalue weighted by atomic mass is 10.2. The van der Waals surface area contributed by atoms with E-state index in [2.05, 4.69) is 0 Å². The predicted octanol–water partition coefficient (Wildman–Crippen LogP) is 1.93. The molecule has 0 unspecified atom stereocenters. The number of hydrogen-bond donors (Lipinski definition) is 1. The van der Waals surface area contributed by atoms with Crippen molar-refractivity contribution in [3.05, 3.63) is 55.7 Å². The van der Waals surface area contributed by atoms with Crippen LogP contribution < -0.4 is 21.9 Å². The van der Waals surface area contributed by atoms with Crippen LogP contribution in [0.4, 0.5) is 11.5 Å². The number of halogens is 1. The van der Waals surface area contributed by atoms with Crippen LogP contribution in [0, 0.1) is 0 Å². The summed E-state index contributed by atoms with van der Waals surface area (Å²) in [4.78, 5) is 28.1. The van der Waals surface area contributed by atoms with Gasteiger partial charge in [0.05, 0.1) is 19.8 Å². The van der Waals surface area contributed by atoms with E-state index in [1.165, 1.54) is 9.13 Å². The van der Waals surface area contributed by atoms with E-state index in [-0.39, 0.29) is 23.6 Å². The fraction of sp³-hybridized carbons (Fsp3) is 0.474. The molecule has 3 rings (SSSR count). The highest BCUT2D eigenvalue weighted by Crippen LogP contribution is 2.19. The predicted molar refractivity (Wildman–Crippen MR) is 108 cm³/mol. The highest BCUT2D eigenvalue weighted by atomic mass is 35.5. The Balaban J connectivity index is 2.11. The first kappa shape index (κ1) is 19.5. The monoisotopic (exact) mass is 392 g/mol. The molecule has 146 valence electrons. The Morgan fingerprint density at radius 2 is 1.78 bits per heavy atom. The van der Waals surface area contributed by atoms with Crippen molar-refractivity contribution in [3.8, 4) is 0 Å². The molecule has 1 aliphatic rings. The van der Waals surface area contributed by atoms with Gasteiger partial charge >= 0.3 is 5.69 Å². The first-order valence-electron chi connectivity index (χ1n) is 9.23. The van der Waals surface area contributed by atoms with Gasteiger partial charge in [-0.25, -0.2) is 4.79 Å². The summed E-state index contributed by atoms with van der Waals surface area (Å²) in [5.74, 6) is 0.243. The summed E-state index contributed by atoms with van der Waals surface area (Å²) in [6, 6.07) is 7.13. The minimum atomic E-state index is -0.377. The topological polar surface area (TPSA) is 82.5 Å². The van der Waals surface area contributed by atoms with Crippen LogP contribution in [-0.2, 0) is 17.8 Å². The molecule has 0 atom stereocenters. The van der Waals surface area contributed by atoms with E-state index < -0.39 is 0 Å². The summed E-state index contributed by atoms with van der Waals surface area (Å²) in [5, 5.41) is 0.609. The Morgan fingerprint density at radius 1 is 1.11 bits per heavy atom. The van der Waals surface area contributed by atoms with Crippen molar-refractivity contribution in [2.24, 2.45) is 0 Å².